The van der Waals surface area contributed by atoms with Crippen LogP contribution in [0.1, 0.15) is 17.3 Å². The van der Waals surface area contributed by atoms with Gasteiger partial charge in [-0.3, -0.25) is 4.21 Å². The maximum absolute atomic E-state index is 13.9. The van der Waals surface area contributed by atoms with Crippen LogP contribution in [0.25, 0.3) is 10.6 Å². The van der Waals surface area contributed by atoms with Gasteiger partial charge in [0.2, 0.25) is 0 Å². The lowest BCUT2D eigenvalue weighted by molar-refractivity contribution is 0.569. The summed E-state index contributed by atoms with van der Waals surface area (Å²) in [6.45, 7) is 0.543. The average Bonchev–Trinajstić information content (AvgIpc) is 3.08. The van der Waals surface area contributed by atoms with Crippen molar-refractivity contribution in [3.63, 3.8) is 0 Å². The minimum Gasteiger partial charge on any atom is -0.303 e. The first-order chi connectivity index (χ1) is 12.1. The molecule has 0 unspecified atom stereocenters. The molecule has 2 atom stereocenters. The van der Waals surface area contributed by atoms with Crippen molar-refractivity contribution >= 4 is 22.1 Å². The summed E-state index contributed by atoms with van der Waals surface area (Å²) >= 11 is 1.43. The molecule has 3 nitrogen and oxygen atoms in total. The fourth-order valence-corrected chi connectivity index (χ4v) is 4.19. The number of benzene rings is 2. The Morgan fingerprint density at radius 2 is 1.88 bits per heavy atom. The molecule has 0 fully saturated rings. The lowest BCUT2D eigenvalue weighted by atomic mass is 10.1. The van der Waals surface area contributed by atoms with Gasteiger partial charge in [0.1, 0.15) is 10.8 Å². The summed E-state index contributed by atoms with van der Waals surface area (Å²) in [5.74, 6) is 0.272. The van der Waals surface area contributed by atoms with E-state index in [1.54, 1.807) is 24.5 Å². The second-order valence-electron chi connectivity index (χ2n) is 5.71. The van der Waals surface area contributed by atoms with Crippen LogP contribution < -0.4 is 5.32 Å². The first-order valence-electron chi connectivity index (χ1n) is 7.91. The summed E-state index contributed by atoms with van der Waals surface area (Å²) in [6, 6.07) is 16.6. The van der Waals surface area contributed by atoms with E-state index in [1.807, 2.05) is 35.7 Å². The molecule has 0 amide bonds. The minimum absolute atomic E-state index is 0.00866. The predicted molar refractivity (Wildman–Crippen MR) is 102 cm³/mol. The standard InChI is InChI=1S/C19H19FN2OS2/c1-25(23)13-18(14-7-3-2-4-8-14)21-11-15-12-24-19(22-15)16-9-5-6-10-17(16)20/h2-10,12,18,21H,11,13H2,1H3/t18-,25-/m1/s1. The van der Waals surface area contributed by atoms with Crippen LogP contribution in [0.15, 0.2) is 60.0 Å². The molecule has 1 aromatic heterocycles. The van der Waals surface area contributed by atoms with E-state index in [-0.39, 0.29) is 11.9 Å². The molecule has 0 aliphatic rings. The van der Waals surface area contributed by atoms with Gasteiger partial charge in [0.05, 0.1) is 5.69 Å². The number of hydrogen-bond acceptors (Lipinski definition) is 4. The lowest BCUT2D eigenvalue weighted by Crippen LogP contribution is -2.25. The zero-order chi connectivity index (χ0) is 17.6. The summed E-state index contributed by atoms with van der Waals surface area (Å²) in [7, 11) is -0.911. The Kier molecular flexibility index (Phi) is 6.07. The van der Waals surface area contributed by atoms with Crippen molar-refractivity contribution < 1.29 is 8.60 Å². The van der Waals surface area contributed by atoms with Crippen LogP contribution in [0.5, 0.6) is 0 Å². The van der Waals surface area contributed by atoms with Gasteiger partial charge in [-0.25, -0.2) is 9.37 Å². The highest BCUT2D eigenvalue weighted by Crippen LogP contribution is 2.26. The van der Waals surface area contributed by atoms with Crippen LogP contribution >= 0.6 is 11.3 Å². The number of nitrogens with one attached hydrogen (secondary N) is 1. The van der Waals surface area contributed by atoms with Crippen molar-refractivity contribution in [2.75, 3.05) is 12.0 Å². The van der Waals surface area contributed by atoms with Crippen molar-refractivity contribution in [1.82, 2.24) is 10.3 Å². The van der Waals surface area contributed by atoms with Crippen LogP contribution in [-0.2, 0) is 17.3 Å². The Morgan fingerprint density at radius 1 is 1.16 bits per heavy atom. The Bertz CT molecular complexity index is 851. The van der Waals surface area contributed by atoms with Crippen molar-refractivity contribution in [3.8, 4) is 10.6 Å². The van der Waals surface area contributed by atoms with Gasteiger partial charge in [0, 0.05) is 46.3 Å². The molecular weight excluding hydrogens is 355 g/mol. The number of rotatable bonds is 7. The Balaban J connectivity index is 1.71. The van der Waals surface area contributed by atoms with E-state index in [9.17, 15) is 8.60 Å². The smallest absolute Gasteiger partial charge is 0.133 e. The fraction of sp³-hybridized carbons (Fsp3) is 0.211. The van der Waals surface area contributed by atoms with Gasteiger partial charge in [-0.05, 0) is 17.7 Å². The predicted octanol–water partition coefficient (Wildman–Crippen LogP) is 4.16. The molecule has 0 aliphatic heterocycles. The molecule has 0 saturated carbocycles. The minimum atomic E-state index is -0.911. The van der Waals surface area contributed by atoms with E-state index >= 15 is 0 Å². The third-order valence-electron chi connectivity index (χ3n) is 3.79. The largest absolute Gasteiger partial charge is 0.303 e. The SMILES string of the molecule is C[S@@](=O)C[C@@H](NCc1csc(-c2ccccc2F)n1)c1ccccc1. The molecule has 0 aliphatic carbocycles. The van der Waals surface area contributed by atoms with E-state index < -0.39 is 10.8 Å². The molecule has 2 aromatic carbocycles. The fourth-order valence-electron chi connectivity index (χ4n) is 2.57. The van der Waals surface area contributed by atoms with Gasteiger partial charge in [-0.15, -0.1) is 11.3 Å². The molecule has 6 heteroatoms. The van der Waals surface area contributed by atoms with Gasteiger partial charge < -0.3 is 5.32 Å². The molecule has 1 heterocycles. The molecule has 0 radical (unpaired) electrons. The maximum atomic E-state index is 13.9. The number of hydrogen-bond donors (Lipinski definition) is 1. The molecule has 3 rings (SSSR count). The topological polar surface area (TPSA) is 42.0 Å². The van der Waals surface area contributed by atoms with Crippen LogP contribution in [0, 0.1) is 5.82 Å². The zero-order valence-corrected chi connectivity index (χ0v) is 15.4. The molecule has 0 spiro atoms. The van der Waals surface area contributed by atoms with Gasteiger partial charge in [0.15, 0.2) is 0 Å². The second kappa shape index (κ2) is 8.47. The average molecular weight is 375 g/mol. The number of halogens is 1. The van der Waals surface area contributed by atoms with E-state index in [0.29, 0.717) is 22.9 Å². The maximum Gasteiger partial charge on any atom is 0.133 e. The Morgan fingerprint density at radius 3 is 2.60 bits per heavy atom. The van der Waals surface area contributed by atoms with Crippen molar-refractivity contribution in [1.29, 1.82) is 0 Å². The molecule has 1 N–H and O–H groups in total. The Hall–Kier alpha value is -1.89. The van der Waals surface area contributed by atoms with Crippen LogP contribution in [0.2, 0.25) is 0 Å². The summed E-state index contributed by atoms with van der Waals surface area (Å²) in [5, 5.41) is 6.02. The summed E-state index contributed by atoms with van der Waals surface area (Å²) in [5.41, 5.74) is 2.47. The monoisotopic (exact) mass is 374 g/mol. The molecular formula is C19H19FN2OS2. The molecule has 0 saturated heterocycles. The van der Waals surface area contributed by atoms with Gasteiger partial charge in [-0.2, -0.15) is 0 Å². The van der Waals surface area contributed by atoms with E-state index in [0.717, 1.165) is 11.3 Å². The second-order valence-corrected chi connectivity index (χ2v) is 8.05. The van der Waals surface area contributed by atoms with Crippen LogP contribution in [0.3, 0.4) is 0 Å². The molecule has 25 heavy (non-hydrogen) atoms. The highest BCUT2D eigenvalue weighted by molar-refractivity contribution is 7.84. The highest BCUT2D eigenvalue weighted by atomic mass is 32.2. The zero-order valence-electron chi connectivity index (χ0n) is 13.8. The Labute approximate surface area is 153 Å². The van der Waals surface area contributed by atoms with E-state index in [1.165, 1.54) is 17.4 Å². The molecule has 0 bridgehead atoms. The van der Waals surface area contributed by atoms with Crippen molar-refractivity contribution in [3.05, 3.63) is 77.1 Å². The van der Waals surface area contributed by atoms with E-state index in [2.05, 4.69) is 10.3 Å². The molecule has 130 valence electrons. The van der Waals surface area contributed by atoms with Crippen LogP contribution in [0.4, 0.5) is 4.39 Å². The third-order valence-corrected chi connectivity index (χ3v) is 5.52. The van der Waals surface area contributed by atoms with Gasteiger partial charge in [0.25, 0.3) is 0 Å². The number of thiazole rings is 1. The lowest BCUT2D eigenvalue weighted by Gasteiger charge is -2.17. The summed E-state index contributed by atoms with van der Waals surface area (Å²) in [6.07, 6.45) is 1.71. The van der Waals surface area contributed by atoms with Crippen molar-refractivity contribution in [2.45, 2.75) is 12.6 Å². The number of nitrogens with zero attached hydrogens (tertiary/aromatic N) is 1. The van der Waals surface area contributed by atoms with E-state index in [4.69, 9.17) is 0 Å². The van der Waals surface area contributed by atoms with Gasteiger partial charge >= 0.3 is 0 Å². The first-order valence-corrected chi connectivity index (χ1v) is 10.5. The first kappa shape index (κ1) is 17.9. The molecule has 3 aromatic rings. The summed E-state index contributed by atoms with van der Waals surface area (Å²) in [4.78, 5) is 4.53. The third kappa shape index (κ3) is 4.81. The van der Waals surface area contributed by atoms with Gasteiger partial charge in [-0.1, -0.05) is 42.5 Å². The number of aromatic nitrogens is 1. The van der Waals surface area contributed by atoms with Crippen molar-refractivity contribution in [2.24, 2.45) is 0 Å². The highest BCUT2D eigenvalue weighted by Gasteiger charge is 2.14. The summed E-state index contributed by atoms with van der Waals surface area (Å²) < 4.78 is 25.6. The normalized spacial score (nSPS) is 13.5. The quantitative estimate of drug-likeness (QED) is 0.675. The van der Waals surface area contributed by atoms with Crippen LogP contribution in [-0.4, -0.2) is 21.2 Å².